The standard InChI is InChI=1S/C19H22FN3O/c1-23(2)9-6-13-10-14-11-15(20)4-5-16(14)17(13)12-18-19(24-3)22-8-7-21-18/h4-5,7-8,11H,6,9-10,12H2,1-3H3. The van der Waals surface area contributed by atoms with Gasteiger partial charge in [0.1, 0.15) is 11.5 Å². The maximum absolute atomic E-state index is 13.6. The minimum absolute atomic E-state index is 0.181. The van der Waals surface area contributed by atoms with Gasteiger partial charge in [-0.3, -0.25) is 4.98 Å². The fraction of sp³-hybridized carbons (Fsp3) is 0.368. The van der Waals surface area contributed by atoms with Crippen molar-refractivity contribution >= 4 is 5.57 Å². The topological polar surface area (TPSA) is 38.3 Å². The molecule has 3 rings (SSSR count). The van der Waals surface area contributed by atoms with Gasteiger partial charge in [0.2, 0.25) is 5.88 Å². The number of halogens is 1. The highest BCUT2D eigenvalue weighted by atomic mass is 19.1. The van der Waals surface area contributed by atoms with Crippen LogP contribution in [-0.4, -0.2) is 42.6 Å². The summed E-state index contributed by atoms with van der Waals surface area (Å²) in [6, 6.07) is 5.05. The third kappa shape index (κ3) is 3.46. The SMILES string of the molecule is COc1nccnc1CC1=C(CCN(C)C)Cc2cc(F)ccc21. The summed E-state index contributed by atoms with van der Waals surface area (Å²) >= 11 is 0. The molecule has 0 bridgehead atoms. The molecule has 4 nitrogen and oxygen atoms in total. The Balaban J connectivity index is 1.96. The lowest BCUT2D eigenvalue weighted by Gasteiger charge is -2.13. The predicted octanol–water partition coefficient (Wildman–Crippen LogP) is 3.13. The molecule has 0 spiro atoms. The summed E-state index contributed by atoms with van der Waals surface area (Å²) in [5.74, 6) is 0.367. The fourth-order valence-electron chi connectivity index (χ4n) is 3.16. The van der Waals surface area contributed by atoms with Crippen LogP contribution in [0.1, 0.15) is 23.2 Å². The molecule has 2 aromatic rings. The van der Waals surface area contributed by atoms with E-state index in [1.165, 1.54) is 17.2 Å². The van der Waals surface area contributed by atoms with Crippen molar-refractivity contribution in [3.05, 3.63) is 58.8 Å². The van der Waals surface area contributed by atoms with Gasteiger partial charge in [-0.05, 0) is 55.8 Å². The van der Waals surface area contributed by atoms with Crippen molar-refractivity contribution in [2.75, 3.05) is 27.7 Å². The highest BCUT2D eigenvalue weighted by molar-refractivity contribution is 5.78. The van der Waals surface area contributed by atoms with Gasteiger partial charge in [0.05, 0.1) is 7.11 Å². The van der Waals surface area contributed by atoms with Crippen LogP contribution in [0.15, 0.2) is 36.2 Å². The summed E-state index contributed by atoms with van der Waals surface area (Å²) in [5, 5.41) is 0. The van der Waals surface area contributed by atoms with Crippen LogP contribution in [0.5, 0.6) is 5.88 Å². The molecule has 24 heavy (non-hydrogen) atoms. The average molecular weight is 327 g/mol. The third-order valence-electron chi connectivity index (χ3n) is 4.36. The molecule has 1 aliphatic carbocycles. The molecule has 0 radical (unpaired) electrons. The number of fused-ring (bicyclic) bond motifs is 1. The maximum Gasteiger partial charge on any atom is 0.235 e. The summed E-state index contributed by atoms with van der Waals surface area (Å²) in [4.78, 5) is 10.8. The molecule has 5 heteroatoms. The first-order valence-corrected chi connectivity index (χ1v) is 8.06. The zero-order chi connectivity index (χ0) is 17.1. The summed E-state index contributed by atoms with van der Waals surface area (Å²) in [5.41, 5.74) is 5.57. The highest BCUT2D eigenvalue weighted by Crippen LogP contribution is 2.37. The second-order valence-corrected chi connectivity index (χ2v) is 6.30. The summed E-state index contributed by atoms with van der Waals surface area (Å²) in [6.45, 7) is 0.965. The molecule has 0 saturated carbocycles. The number of methoxy groups -OCH3 is 1. The van der Waals surface area contributed by atoms with Gasteiger partial charge in [0, 0.05) is 25.4 Å². The zero-order valence-corrected chi connectivity index (χ0v) is 14.3. The molecule has 0 N–H and O–H groups in total. The average Bonchev–Trinajstić information content (AvgIpc) is 2.90. The van der Waals surface area contributed by atoms with E-state index in [-0.39, 0.29) is 5.82 Å². The van der Waals surface area contributed by atoms with E-state index in [4.69, 9.17) is 4.74 Å². The second-order valence-electron chi connectivity index (χ2n) is 6.30. The van der Waals surface area contributed by atoms with Crippen molar-refractivity contribution in [3.63, 3.8) is 0 Å². The van der Waals surface area contributed by atoms with Gasteiger partial charge in [-0.1, -0.05) is 11.6 Å². The molecule has 1 heterocycles. The lowest BCUT2D eigenvalue weighted by atomic mass is 9.99. The number of ether oxygens (including phenoxy) is 1. The number of nitrogens with zero attached hydrogens (tertiary/aromatic N) is 3. The number of rotatable bonds is 6. The van der Waals surface area contributed by atoms with E-state index in [1.807, 2.05) is 6.07 Å². The van der Waals surface area contributed by atoms with Gasteiger partial charge in [-0.2, -0.15) is 0 Å². The maximum atomic E-state index is 13.6. The van der Waals surface area contributed by atoms with E-state index in [9.17, 15) is 4.39 Å². The van der Waals surface area contributed by atoms with E-state index >= 15 is 0 Å². The van der Waals surface area contributed by atoms with Crippen LogP contribution in [0.25, 0.3) is 5.57 Å². The first kappa shape index (κ1) is 16.6. The Morgan fingerprint density at radius 3 is 2.75 bits per heavy atom. The minimum atomic E-state index is -0.181. The number of allylic oxidation sites excluding steroid dienone is 1. The largest absolute Gasteiger partial charge is 0.480 e. The van der Waals surface area contributed by atoms with Gasteiger partial charge in [-0.25, -0.2) is 9.37 Å². The quantitative estimate of drug-likeness (QED) is 0.817. The number of aromatic nitrogens is 2. The molecule has 0 fully saturated rings. The van der Waals surface area contributed by atoms with Crippen LogP contribution in [0.3, 0.4) is 0 Å². The van der Waals surface area contributed by atoms with E-state index in [1.54, 1.807) is 25.6 Å². The molecule has 0 atom stereocenters. The van der Waals surface area contributed by atoms with E-state index in [0.717, 1.165) is 36.2 Å². The van der Waals surface area contributed by atoms with Crippen LogP contribution >= 0.6 is 0 Å². The predicted molar refractivity (Wildman–Crippen MR) is 92.5 cm³/mol. The molecular weight excluding hydrogens is 305 g/mol. The van der Waals surface area contributed by atoms with E-state index in [2.05, 4.69) is 29.0 Å². The van der Waals surface area contributed by atoms with Crippen LogP contribution in [0.2, 0.25) is 0 Å². The van der Waals surface area contributed by atoms with Crippen molar-refractivity contribution in [1.29, 1.82) is 0 Å². The molecule has 0 saturated heterocycles. The van der Waals surface area contributed by atoms with E-state index in [0.29, 0.717) is 12.3 Å². The summed E-state index contributed by atoms with van der Waals surface area (Å²) < 4.78 is 18.9. The van der Waals surface area contributed by atoms with Crippen LogP contribution in [0, 0.1) is 5.82 Å². The molecule has 0 amide bonds. The van der Waals surface area contributed by atoms with Gasteiger partial charge in [0.15, 0.2) is 0 Å². The van der Waals surface area contributed by atoms with Crippen molar-refractivity contribution in [1.82, 2.24) is 14.9 Å². The Bertz CT molecular complexity index is 771. The van der Waals surface area contributed by atoms with Crippen LogP contribution < -0.4 is 4.74 Å². The fourth-order valence-corrected chi connectivity index (χ4v) is 3.16. The number of hydrogen-bond donors (Lipinski definition) is 0. The molecule has 1 aliphatic rings. The van der Waals surface area contributed by atoms with Gasteiger partial charge in [-0.15, -0.1) is 0 Å². The minimum Gasteiger partial charge on any atom is -0.480 e. The first-order chi connectivity index (χ1) is 11.6. The van der Waals surface area contributed by atoms with Gasteiger partial charge in [0.25, 0.3) is 0 Å². The van der Waals surface area contributed by atoms with Crippen LogP contribution in [-0.2, 0) is 12.8 Å². The number of hydrogen-bond acceptors (Lipinski definition) is 4. The smallest absolute Gasteiger partial charge is 0.235 e. The third-order valence-corrected chi connectivity index (χ3v) is 4.36. The summed E-state index contributed by atoms with van der Waals surface area (Å²) in [6.07, 6.45) is 5.72. The molecule has 0 aliphatic heterocycles. The normalized spacial score (nSPS) is 13.5. The van der Waals surface area contributed by atoms with Gasteiger partial charge >= 0.3 is 0 Å². The lowest BCUT2D eigenvalue weighted by molar-refractivity contribution is 0.390. The Hall–Kier alpha value is -2.27. The van der Waals surface area contributed by atoms with Crippen LogP contribution in [0.4, 0.5) is 4.39 Å². The van der Waals surface area contributed by atoms with Crippen molar-refractivity contribution in [2.45, 2.75) is 19.3 Å². The van der Waals surface area contributed by atoms with E-state index < -0.39 is 0 Å². The Labute approximate surface area is 142 Å². The van der Waals surface area contributed by atoms with Gasteiger partial charge < -0.3 is 9.64 Å². The molecule has 1 aromatic carbocycles. The molecule has 0 unspecified atom stereocenters. The Morgan fingerprint density at radius 2 is 2.00 bits per heavy atom. The van der Waals surface area contributed by atoms with Crippen molar-refractivity contribution in [2.24, 2.45) is 0 Å². The lowest BCUT2D eigenvalue weighted by Crippen LogP contribution is -2.14. The molecule has 1 aromatic heterocycles. The van der Waals surface area contributed by atoms with Crippen molar-refractivity contribution < 1.29 is 9.13 Å². The molecule has 126 valence electrons. The number of benzene rings is 1. The molecular formula is C19H22FN3O. The Kier molecular flexibility index (Phi) is 4.90. The first-order valence-electron chi connectivity index (χ1n) is 8.06. The zero-order valence-electron chi connectivity index (χ0n) is 14.3. The van der Waals surface area contributed by atoms with Crippen molar-refractivity contribution in [3.8, 4) is 5.88 Å². The monoisotopic (exact) mass is 327 g/mol. The highest BCUT2D eigenvalue weighted by Gasteiger charge is 2.23. The second kappa shape index (κ2) is 7.09. The Morgan fingerprint density at radius 1 is 1.21 bits per heavy atom. The summed E-state index contributed by atoms with van der Waals surface area (Å²) in [7, 11) is 5.73.